The quantitative estimate of drug-likeness (QED) is 0.809. The second-order valence-corrected chi connectivity index (χ2v) is 6.16. The van der Waals surface area contributed by atoms with Crippen molar-refractivity contribution in [2.75, 3.05) is 6.54 Å². The predicted octanol–water partition coefficient (Wildman–Crippen LogP) is 0.401. The maximum absolute atomic E-state index is 12.6. The lowest BCUT2D eigenvalue weighted by Crippen LogP contribution is -2.46. The molecule has 0 spiro atoms. The molecule has 1 N–H and O–H groups in total. The van der Waals surface area contributed by atoms with Gasteiger partial charge in [0.2, 0.25) is 0 Å². The second kappa shape index (κ2) is 7.45. The molecule has 2 aromatic rings. The lowest BCUT2D eigenvalue weighted by atomic mass is 9.97. The Labute approximate surface area is 146 Å². The molecule has 1 saturated heterocycles. The molecule has 1 atom stereocenters. The van der Waals surface area contributed by atoms with Crippen LogP contribution in [0.25, 0.3) is 0 Å². The van der Waals surface area contributed by atoms with Crippen molar-refractivity contribution in [3.63, 3.8) is 0 Å². The minimum atomic E-state index is -0.609. The number of piperidine rings is 1. The van der Waals surface area contributed by atoms with E-state index in [-0.39, 0.29) is 12.6 Å². The van der Waals surface area contributed by atoms with Crippen molar-refractivity contribution in [2.24, 2.45) is 7.05 Å². The van der Waals surface area contributed by atoms with Gasteiger partial charge in [0, 0.05) is 25.4 Å². The zero-order valence-electron chi connectivity index (χ0n) is 14.6. The normalized spacial score (nSPS) is 17.5. The van der Waals surface area contributed by atoms with Crippen molar-refractivity contribution in [3.05, 3.63) is 29.8 Å². The SMILES string of the molecule is CCn1ncc(CNC(=O)C(=O)N2CCCCC2c2cnn(C)c2)n1. The molecule has 0 saturated carbocycles. The highest BCUT2D eigenvalue weighted by Crippen LogP contribution is 2.30. The summed E-state index contributed by atoms with van der Waals surface area (Å²) in [6.07, 6.45) is 8.03. The zero-order valence-corrected chi connectivity index (χ0v) is 14.6. The third-order valence-electron chi connectivity index (χ3n) is 4.36. The van der Waals surface area contributed by atoms with Gasteiger partial charge in [-0.15, -0.1) is 0 Å². The van der Waals surface area contributed by atoms with Crippen LogP contribution in [-0.2, 0) is 29.7 Å². The average molecular weight is 345 g/mol. The Morgan fingerprint density at radius 2 is 2.12 bits per heavy atom. The maximum Gasteiger partial charge on any atom is 0.312 e. The van der Waals surface area contributed by atoms with Crippen molar-refractivity contribution < 1.29 is 9.59 Å². The monoisotopic (exact) mass is 345 g/mol. The molecule has 134 valence electrons. The third kappa shape index (κ3) is 3.86. The molecular weight excluding hydrogens is 322 g/mol. The number of carbonyl (C=O) groups excluding carboxylic acids is 2. The van der Waals surface area contributed by atoms with Crippen LogP contribution in [0.5, 0.6) is 0 Å². The molecule has 2 aromatic heterocycles. The summed E-state index contributed by atoms with van der Waals surface area (Å²) in [5.41, 5.74) is 1.60. The van der Waals surface area contributed by atoms with Gasteiger partial charge in [0.15, 0.2) is 0 Å². The summed E-state index contributed by atoms with van der Waals surface area (Å²) in [4.78, 5) is 28.1. The smallest absolute Gasteiger partial charge is 0.312 e. The van der Waals surface area contributed by atoms with Gasteiger partial charge in [0.05, 0.1) is 31.5 Å². The molecule has 3 heterocycles. The Morgan fingerprint density at radius 1 is 1.28 bits per heavy atom. The van der Waals surface area contributed by atoms with Crippen molar-refractivity contribution in [1.29, 1.82) is 0 Å². The van der Waals surface area contributed by atoms with Crippen molar-refractivity contribution in [1.82, 2.24) is 35.0 Å². The van der Waals surface area contributed by atoms with Gasteiger partial charge in [-0.05, 0) is 26.2 Å². The first-order chi connectivity index (χ1) is 12.1. The number of hydrogen-bond donors (Lipinski definition) is 1. The summed E-state index contributed by atoms with van der Waals surface area (Å²) < 4.78 is 1.71. The number of hydrogen-bond acceptors (Lipinski definition) is 5. The Balaban J connectivity index is 1.63. The molecule has 0 bridgehead atoms. The largest absolute Gasteiger partial charge is 0.342 e. The standard InChI is InChI=1S/C16H23N7O2/c1-3-23-19-10-13(20-23)9-17-15(24)16(25)22-7-5-4-6-14(22)12-8-18-21(2)11-12/h8,10-11,14H,3-7,9H2,1-2H3,(H,17,24). The highest BCUT2D eigenvalue weighted by Gasteiger charge is 2.32. The van der Waals surface area contributed by atoms with E-state index >= 15 is 0 Å². The number of carbonyl (C=O) groups is 2. The minimum Gasteiger partial charge on any atom is -0.342 e. The van der Waals surface area contributed by atoms with E-state index in [2.05, 4.69) is 20.6 Å². The van der Waals surface area contributed by atoms with Crippen LogP contribution < -0.4 is 5.32 Å². The van der Waals surface area contributed by atoms with Gasteiger partial charge >= 0.3 is 11.8 Å². The van der Waals surface area contributed by atoms with Crippen LogP contribution in [0.3, 0.4) is 0 Å². The molecule has 1 aliphatic heterocycles. The number of likely N-dealkylation sites (tertiary alicyclic amines) is 1. The molecule has 9 heteroatoms. The molecule has 1 unspecified atom stereocenters. The second-order valence-electron chi connectivity index (χ2n) is 6.16. The van der Waals surface area contributed by atoms with Crippen LogP contribution in [-0.4, -0.2) is 48.0 Å². The van der Waals surface area contributed by atoms with E-state index in [4.69, 9.17) is 0 Å². The van der Waals surface area contributed by atoms with E-state index in [0.29, 0.717) is 18.8 Å². The first-order valence-corrected chi connectivity index (χ1v) is 8.55. The van der Waals surface area contributed by atoms with Crippen LogP contribution >= 0.6 is 0 Å². The Kier molecular flexibility index (Phi) is 5.11. The highest BCUT2D eigenvalue weighted by atomic mass is 16.2. The van der Waals surface area contributed by atoms with Crippen LogP contribution in [0.2, 0.25) is 0 Å². The van der Waals surface area contributed by atoms with Gasteiger partial charge in [0.1, 0.15) is 5.69 Å². The van der Waals surface area contributed by atoms with Crippen LogP contribution in [0.4, 0.5) is 0 Å². The molecule has 1 fully saturated rings. The Bertz CT molecular complexity index is 751. The van der Waals surface area contributed by atoms with E-state index in [1.165, 1.54) is 4.80 Å². The first-order valence-electron chi connectivity index (χ1n) is 8.55. The van der Waals surface area contributed by atoms with Crippen molar-refractivity contribution in [3.8, 4) is 0 Å². The summed E-state index contributed by atoms with van der Waals surface area (Å²) in [6.45, 7) is 3.36. The van der Waals surface area contributed by atoms with Gasteiger partial charge in [-0.3, -0.25) is 14.3 Å². The molecule has 1 aliphatic rings. The lowest BCUT2D eigenvalue weighted by molar-refractivity contribution is -0.148. The highest BCUT2D eigenvalue weighted by molar-refractivity contribution is 6.35. The number of nitrogens with zero attached hydrogens (tertiary/aromatic N) is 6. The summed E-state index contributed by atoms with van der Waals surface area (Å²) in [5, 5.41) is 15.1. The number of nitrogens with one attached hydrogen (secondary N) is 1. The average Bonchev–Trinajstić information content (AvgIpc) is 3.27. The van der Waals surface area contributed by atoms with Gasteiger partial charge < -0.3 is 10.2 Å². The van der Waals surface area contributed by atoms with Gasteiger partial charge in [0.25, 0.3) is 0 Å². The number of amides is 2. The lowest BCUT2D eigenvalue weighted by Gasteiger charge is -2.34. The molecule has 9 nitrogen and oxygen atoms in total. The molecule has 0 aromatic carbocycles. The van der Waals surface area contributed by atoms with Gasteiger partial charge in [-0.2, -0.15) is 20.1 Å². The number of aromatic nitrogens is 5. The topological polar surface area (TPSA) is 97.9 Å². The van der Waals surface area contributed by atoms with E-state index in [9.17, 15) is 9.59 Å². The number of rotatable bonds is 4. The van der Waals surface area contributed by atoms with E-state index in [0.717, 1.165) is 24.8 Å². The minimum absolute atomic E-state index is 0.0957. The number of aryl methyl sites for hydroxylation is 2. The first kappa shape index (κ1) is 17.1. The molecule has 25 heavy (non-hydrogen) atoms. The molecule has 0 aliphatic carbocycles. The van der Waals surface area contributed by atoms with Gasteiger partial charge in [-0.1, -0.05) is 0 Å². The fourth-order valence-corrected chi connectivity index (χ4v) is 3.08. The van der Waals surface area contributed by atoms with Gasteiger partial charge in [-0.25, -0.2) is 0 Å². The summed E-state index contributed by atoms with van der Waals surface area (Å²) >= 11 is 0. The molecular formula is C16H23N7O2. The Morgan fingerprint density at radius 3 is 2.80 bits per heavy atom. The fraction of sp³-hybridized carbons (Fsp3) is 0.562. The maximum atomic E-state index is 12.6. The zero-order chi connectivity index (χ0) is 17.8. The summed E-state index contributed by atoms with van der Waals surface area (Å²) in [5.74, 6) is -1.11. The van der Waals surface area contributed by atoms with Crippen molar-refractivity contribution in [2.45, 2.75) is 45.3 Å². The van der Waals surface area contributed by atoms with Crippen LogP contribution in [0.1, 0.15) is 43.5 Å². The van der Waals surface area contributed by atoms with E-state index in [1.54, 1.807) is 22.0 Å². The third-order valence-corrected chi connectivity index (χ3v) is 4.36. The molecule has 2 amide bonds. The van der Waals surface area contributed by atoms with Crippen LogP contribution in [0, 0.1) is 0 Å². The fourth-order valence-electron chi connectivity index (χ4n) is 3.08. The Hall–Kier alpha value is -2.71. The van der Waals surface area contributed by atoms with Crippen molar-refractivity contribution >= 4 is 11.8 Å². The summed E-state index contributed by atoms with van der Waals surface area (Å²) in [7, 11) is 1.84. The van der Waals surface area contributed by atoms with E-state index in [1.807, 2.05) is 20.2 Å². The molecule has 0 radical (unpaired) electrons. The summed E-state index contributed by atoms with van der Waals surface area (Å²) in [6, 6.07) is -0.0957. The predicted molar refractivity (Wildman–Crippen MR) is 89.1 cm³/mol. The van der Waals surface area contributed by atoms with E-state index < -0.39 is 11.8 Å². The molecule has 3 rings (SSSR count). The van der Waals surface area contributed by atoms with Crippen LogP contribution in [0.15, 0.2) is 18.6 Å².